The Labute approximate surface area is 103 Å². The van der Waals surface area contributed by atoms with Crippen molar-refractivity contribution in [3.63, 3.8) is 0 Å². The third-order valence-electron chi connectivity index (χ3n) is 3.49. The van der Waals surface area contributed by atoms with Crippen LogP contribution in [0.2, 0.25) is 0 Å². The second kappa shape index (κ2) is 4.52. The molecular weight excluding hydrogens is 212 g/mol. The predicted octanol–water partition coefficient (Wildman–Crippen LogP) is 3.48. The highest BCUT2D eigenvalue weighted by molar-refractivity contribution is 5.52. The molecule has 1 aromatic carbocycles. The number of aldehydes is 1. The van der Waals surface area contributed by atoms with Crippen molar-refractivity contribution in [1.29, 1.82) is 0 Å². The third kappa shape index (κ3) is 2.68. The van der Waals surface area contributed by atoms with Crippen LogP contribution >= 0.6 is 0 Å². The van der Waals surface area contributed by atoms with Gasteiger partial charge in [0.05, 0.1) is 0 Å². The summed E-state index contributed by atoms with van der Waals surface area (Å²) in [4.78, 5) is 10.5. The maximum absolute atomic E-state index is 10.5. The normalized spacial score (nSPS) is 19.0. The molecule has 17 heavy (non-hydrogen) atoms. The molecule has 0 saturated carbocycles. The molecule has 1 aliphatic rings. The molecule has 1 aromatic rings. The highest BCUT2D eigenvalue weighted by Gasteiger charge is 2.26. The van der Waals surface area contributed by atoms with E-state index in [-0.39, 0.29) is 11.5 Å². The SMILES string of the molecule is CC(CC=O)c1ccc2c(c1)OC(C)(C)CC2. The fourth-order valence-corrected chi connectivity index (χ4v) is 2.24. The summed E-state index contributed by atoms with van der Waals surface area (Å²) < 4.78 is 6.00. The molecule has 0 amide bonds. The molecular formula is C15H20O2. The van der Waals surface area contributed by atoms with Crippen molar-refractivity contribution in [2.75, 3.05) is 0 Å². The summed E-state index contributed by atoms with van der Waals surface area (Å²) in [6.45, 7) is 6.32. The van der Waals surface area contributed by atoms with Gasteiger partial charge >= 0.3 is 0 Å². The summed E-state index contributed by atoms with van der Waals surface area (Å²) in [7, 11) is 0. The van der Waals surface area contributed by atoms with Crippen molar-refractivity contribution in [3.8, 4) is 5.75 Å². The highest BCUT2D eigenvalue weighted by atomic mass is 16.5. The van der Waals surface area contributed by atoms with Crippen LogP contribution in [0.15, 0.2) is 18.2 Å². The Morgan fingerprint density at radius 2 is 2.24 bits per heavy atom. The average molecular weight is 232 g/mol. The van der Waals surface area contributed by atoms with Crippen molar-refractivity contribution in [2.24, 2.45) is 0 Å². The molecule has 2 heteroatoms. The zero-order valence-electron chi connectivity index (χ0n) is 10.8. The van der Waals surface area contributed by atoms with Gasteiger partial charge in [-0.3, -0.25) is 0 Å². The van der Waals surface area contributed by atoms with Gasteiger partial charge in [0, 0.05) is 6.42 Å². The van der Waals surface area contributed by atoms with Gasteiger partial charge < -0.3 is 9.53 Å². The molecule has 0 spiro atoms. The topological polar surface area (TPSA) is 26.3 Å². The van der Waals surface area contributed by atoms with E-state index in [1.165, 1.54) is 11.1 Å². The van der Waals surface area contributed by atoms with Gasteiger partial charge in [-0.1, -0.05) is 19.1 Å². The van der Waals surface area contributed by atoms with Gasteiger partial charge in [-0.15, -0.1) is 0 Å². The molecule has 1 heterocycles. The van der Waals surface area contributed by atoms with Crippen LogP contribution in [0.25, 0.3) is 0 Å². The zero-order valence-corrected chi connectivity index (χ0v) is 10.8. The molecule has 0 saturated heterocycles. The van der Waals surface area contributed by atoms with Gasteiger partial charge in [0.25, 0.3) is 0 Å². The minimum Gasteiger partial charge on any atom is -0.488 e. The van der Waals surface area contributed by atoms with E-state index in [0.29, 0.717) is 6.42 Å². The number of carbonyl (C=O) groups is 1. The minimum absolute atomic E-state index is 0.0699. The average Bonchev–Trinajstić information content (AvgIpc) is 2.27. The summed E-state index contributed by atoms with van der Waals surface area (Å²) in [6, 6.07) is 6.36. The van der Waals surface area contributed by atoms with E-state index in [1.54, 1.807) is 0 Å². The summed E-state index contributed by atoms with van der Waals surface area (Å²) >= 11 is 0. The van der Waals surface area contributed by atoms with Crippen LogP contribution in [0.1, 0.15) is 50.7 Å². The number of carbonyl (C=O) groups excluding carboxylic acids is 1. The minimum atomic E-state index is -0.0699. The summed E-state index contributed by atoms with van der Waals surface area (Å²) in [6.07, 6.45) is 3.69. The summed E-state index contributed by atoms with van der Waals surface area (Å²) in [5.74, 6) is 1.27. The van der Waals surface area contributed by atoms with Crippen LogP contribution in [-0.2, 0) is 11.2 Å². The van der Waals surface area contributed by atoms with E-state index in [2.05, 4.69) is 39.0 Å². The molecule has 1 aliphatic heterocycles. The first-order chi connectivity index (χ1) is 8.02. The van der Waals surface area contributed by atoms with E-state index >= 15 is 0 Å². The van der Waals surface area contributed by atoms with Crippen LogP contribution in [0, 0.1) is 0 Å². The maximum atomic E-state index is 10.5. The first-order valence-corrected chi connectivity index (χ1v) is 6.27. The number of fused-ring (bicyclic) bond motifs is 1. The molecule has 92 valence electrons. The molecule has 0 aliphatic carbocycles. The summed E-state index contributed by atoms with van der Waals surface area (Å²) in [5.41, 5.74) is 2.40. The van der Waals surface area contributed by atoms with E-state index in [9.17, 15) is 4.79 Å². The number of ether oxygens (including phenoxy) is 1. The zero-order chi connectivity index (χ0) is 12.5. The van der Waals surface area contributed by atoms with Crippen LogP contribution in [0.3, 0.4) is 0 Å². The molecule has 0 bridgehead atoms. The second-order valence-electron chi connectivity index (χ2n) is 5.53. The standard InChI is InChI=1S/C15H20O2/c1-11(7-9-16)13-5-4-12-6-8-15(2,3)17-14(12)10-13/h4-5,9-11H,6-8H2,1-3H3. The Morgan fingerprint density at radius 1 is 1.47 bits per heavy atom. The Kier molecular flexibility index (Phi) is 3.23. The molecule has 1 unspecified atom stereocenters. The van der Waals surface area contributed by atoms with Crippen molar-refractivity contribution >= 4 is 6.29 Å². The van der Waals surface area contributed by atoms with E-state index < -0.39 is 0 Å². The van der Waals surface area contributed by atoms with Crippen molar-refractivity contribution < 1.29 is 9.53 Å². The van der Waals surface area contributed by atoms with Crippen LogP contribution in [0.5, 0.6) is 5.75 Å². The predicted molar refractivity (Wildman–Crippen MR) is 68.6 cm³/mol. The second-order valence-corrected chi connectivity index (χ2v) is 5.53. The van der Waals surface area contributed by atoms with E-state index in [4.69, 9.17) is 4.74 Å². The van der Waals surface area contributed by atoms with Crippen molar-refractivity contribution in [1.82, 2.24) is 0 Å². The lowest BCUT2D eigenvalue weighted by molar-refractivity contribution is -0.108. The third-order valence-corrected chi connectivity index (χ3v) is 3.49. The van der Waals surface area contributed by atoms with Crippen LogP contribution < -0.4 is 4.74 Å². The Morgan fingerprint density at radius 3 is 2.94 bits per heavy atom. The number of rotatable bonds is 3. The highest BCUT2D eigenvalue weighted by Crippen LogP contribution is 2.35. The molecule has 0 N–H and O–H groups in total. The molecule has 0 fully saturated rings. The quantitative estimate of drug-likeness (QED) is 0.746. The Bertz CT molecular complexity index is 421. The summed E-state index contributed by atoms with van der Waals surface area (Å²) in [5, 5.41) is 0. The molecule has 0 aromatic heterocycles. The van der Waals surface area contributed by atoms with Gasteiger partial charge in [-0.2, -0.15) is 0 Å². The van der Waals surface area contributed by atoms with Crippen LogP contribution in [-0.4, -0.2) is 11.9 Å². The molecule has 0 radical (unpaired) electrons. The monoisotopic (exact) mass is 232 g/mol. The Hall–Kier alpha value is -1.31. The van der Waals surface area contributed by atoms with E-state index in [1.807, 2.05) is 0 Å². The van der Waals surface area contributed by atoms with Gasteiger partial charge in [-0.05, 0) is 49.8 Å². The Balaban J connectivity index is 2.27. The fourth-order valence-electron chi connectivity index (χ4n) is 2.24. The van der Waals surface area contributed by atoms with Crippen LogP contribution in [0.4, 0.5) is 0 Å². The number of hydrogen-bond acceptors (Lipinski definition) is 2. The first-order valence-electron chi connectivity index (χ1n) is 6.27. The van der Waals surface area contributed by atoms with Crippen molar-refractivity contribution in [2.45, 2.75) is 51.6 Å². The number of hydrogen-bond donors (Lipinski definition) is 0. The lowest BCUT2D eigenvalue weighted by atomic mass is 9.91. The molecule has 2 rings (SSSR count). The van der Waals surface area contributed by atoms with Crippen molar-refractivity contribution in [3.05, 3.63) is 29.3 Å². The molecule has 1 atom stereocenters. The lowest BCUT2D eigenvalue weighted by Crippen LogP contribution is -2.32. The lowest BCUT2D eigenvalue weighted by Gasteiger charge is -2.33. The maximum Gasteiger partial charge on any atom is 0.123 e. The number of aryl methyl sites for hydroxylation is 1. The smallest absolute Gasteiger partial charge is 0.123 e. The van der Waals surface area contributed by atoms with Gasteiger partial charge in [0.15, 0.2) is 0 Å². The van der Waals surface area contributed by atoms with E-state index in [0.717, 1.165) is 24.9 Å². The molecule has 2 nitrogen and oxygen atoms in total. The largest absolute Gasteiger partial charge is 0.488 e. The number of benzene rings is 1. The van der Waals surface area contributed by atoms with Gasteiger partial charge in [0.1, 0.15) is 17.6 Å². The fraction of sp³-hybridized carbons (Fsp3) is 0.533. The van der Waals surface area contributed by atoms with Gasteiger partial charge in [0.2, 0.25) is 0 Å². The first kappa shape index (κ1) is 12.2. The van der Waals surface area contributed by atoms with Gasteiger partial charge in [-0.25, -0.2) is 0 Å².